The molecule has 144 valence electrons. The maximum atomic E-state index is 12.2. The molecule has 1 fully saturated rings. The molecule has 0 spiro atoms. The number of rotatable bonds is 7. The van der Waals surface area contributed by atoms with Crippen molar-refractivity contribution >= 4 is 5.91 Å². The molecule has 5 heteroatoms. The van der Waals surface area contributed by atoms with Gasteiger partial charge in [0, 0.05) is 12.1 Å². The first kappa shape index (κ1) is 19.4. The highest BCUT2D eigenvalue weighted by Crippen LogP contribution is 2.18. The number of aryl methyl sites for hydroxylation is 1. The number of benzene rings is 2. The minimum absolute atomic E-state index is 0.137. The number of carbonyl (C=O) groups excluding carboxylic acids is 1. The Bertz CT molecular complexity index is 740. The number of quaternary nitrogens is 2. The third-order valence-corrected chi connectivity index (χ3v) is 5.28. The fourth-order valence-electron chi connectivity index (χ4n) is 3.71. The molecule has 0 aromatic heterocycles. The maximum absolute atomic E-state index is 12.2. The van der Waals surface area contributed by atoms with Crippen LogP contribution in [0.1, 0.15) is 16.7 Å². The van der Waals surface area contributed by atoms with Crippen molar-refractivity contribution in [2.75, 3.05) is 39.8 Å². The molecule has 5 nitrogen and oxygen atoms in total. The van der Waals surface area contributed by atoms with Crippen molar-refractivity contribution in [2.45, 2.75) is 20.0 Å². The zero-order valence-corrected chi connectivity index (χ0v) is 16.4. The topological polar surface area (TPSA) is 47.2 Å². The van der Waals surface area contributed by atoms with E-state index < -0.39 is 0 Å². The van der Waals surface area contributed by atoms with E-state index in [1.165, 1.54) is 16.0 Å². The Labute approximate surface area is 161 Å². The van der Waals surface area contributed by atoms with Crippen LogP contribution in [0.15, 0.2) is 48.5 Å². The molecule has 0 atom stereocenters. The van der Waals surface area contributed by atoms with Crippen LogP contribution in [0.2, 0.25) is 0 Å². The number of hydrogen-bond acceptors (Lipinski definition) is 2. The number of hydrogen-bond donors (Lipinski definition) is 3. The van der Waals surface area contributed by atoms with Crippen LogP contribution < -0.4 is 19.9 Å². The molecule has 27 heavy (non-hydrogen) atoms. The van der Waals surface area contributed by atoms with Gasteiger partial charge < -0.3 is 19.9 Å². The summed E-state index contributed by atoms with van der Waals surface area (Å²) in [7, 11) is 1.74. The summed E-state index contributed by atoms with van der Waals surface area (Å²) >= 11 is 0. The zero-order valence-electron chi connectivity index (χ0n) is 16.4. The van der Waals surface area contributed by atoms with Crippen LogP contribution in [0.5, 0.6) is 5.75 Å². The van der Waals surface area contributed by atoms with Crippen molar-refractivity contribution < 1.29 is 19.3 Å². The molecule has 1 heterocycles. The van der Waals surface area contributed by atoms with E-state index in [4.69, 9.17) is 4.74 Å². The summed E-state index contributed by atoms with van der Waals surface area (Å²) in [4.78, 5) is 15.2. The molecule has 3 N–H and O–H groups in total. The van der Waals surface area contributed by atoms with Crippen molar-refractivity contribution in [3.8, 4) is 5.75 Å². The van der Waals surface area contributed by atoms with Gasteiger partial charge in [-0.1, -0.05) is 42.0 Å². The molecule has 2 aromatic carbocycles. The molecular formula is C22H31N3O2+2. The predicted octanol–water partition coefficient (Wildman–Crippen LogP) is -0.397. The Kier molecular flexibility index (Phi) is 6.85. The van der Waals surface area contributed by atoms with Crippen LogP contribution in [-0.2, 0) is 17.9 Å². The lowest BCUT2D eigenvalue weighted by Gasteiger charge is -2.29. The minimum atomic E-state index is 0.137. The summed E-state index contributed by atoms with van der Waals surface area (Å²) in [6.07, 6.45) is 0. The lowest BCUT2D eigenvalue weighted by Crippen LogP contribution is -3.28. The molecule has 2 aromatic rings. The largest absolute Gasteiger partial charge is 0.496 e. The van der Waals surface area contributed by atoms with Gasteiger partial charge in [-0.05, 0) is 24.6 Å². The fraction of sp³-hybridized carbons (Fsp3) is 0.409. The van der Waals surface area contributed by atoms with E-state index in [1.807, 2.05) is 30.3 Å². The van der Waals surface area contributed by atoms with Crippen molar-refractivity contribution in [2.24, 2.45) is 0 Å². The second kappa shape index (κ2) is 9.53. The summed E-state index contributed by atoms with van der Waals surface area (Å²) in [5.74, 6) is 1.11. The van der Waals surface area contributed by atoms with E-state index in [-0.39, 0.29) is 5.91 Å². The lowest BCUT2D eigenvalue weighted by atomic mass is 10.1. The van der Waals surface area contributed by atoms with Crippen molar-refractivity contribution in [3.05, 3.63) is 65.2 Å². The van der Waals surface area contributed by atoms with Crippen LogP contribution in [0, 0.1) is 6.92 Å². The Morgan fingerprint density at radius 1 is 1.04 bits per heavy atom. The Morgan fingerprint density at radius 3 is 2.44 bits per heavy atom. The normalized spacial score (nSPS) is 19.5. The number of carbonyl (C=O) groups is 1. The van der Waals surface area contributed by atoms with Gasteiger partial charge in [0.2, 0.25) is 0 Å². The maximum Gasteiger partial charge on any atom is 0.275 e. The van der Waals surface area contributed by atoms with Crippen molar-refractivity contribution in [3.63, 3.8) is 0 Å². The Hall–Kier alpha value is -2.37. The number of methoxy groups -OCH3 is 1. The van der Waals surface area contributed by atoms with Crippen molar-refractivity contribution in [1.29, 1.82) is 0 Å². The monoisotopic (exact) mass is 369 g/mol. The summed E-state index contributed by atoms with van der Waals surface area (Å²) in [5.41, 5.74) is 3.68. The Morgan fingerprint density at radius 2 is 1.74 bits per heavy atom. The van der Waals surface area contributed by atoms with Crippen molar-refractivity contribution in [1.82, 2.24) is 5.32 Å². The number of amides is 1. The van der Waals surface area contributed by atoms with E-state index in [9.17, 15) is 4.79 Å². The number of nitrogens with one attached hydrogen (secondary N) is 3. The second-order valence-electron chi connectivity index (χ2n) is 7.43. The molecule has 0 saturated carbocycles. The molecule has 1 aliphatic heterocycles. The highest BCUT2D eigenvalue weighted by atomic mass is 16.5. The molecule has 3 rings (SSSR count). The smallest absolute Gasteiger partial charge is 0.275 e. The Balaban J connectivity index is 1.42. The van der Waals surface area contributed by atoms with E-state index >= 15 is 0 Å². The summed E-state index contributed by atoms with van der Waals surface area (Å²) < 4.78 is 5.51. The molecule has 1 saturated heterocycles. The quantitative estimate of drug-likeness (QED) is 0.622. The first-order valence-electron chi connectivity index (χ1n) is 9.75. The van der Waals surface area contributed by atoms with Gasteiger partial charge in [-0.15, -0.1) is 0 Å². The molecule has 0 bridgehead atoms. The van der Waals surface area contributed by atoms with Gasteiger partial charge in [0.1, 0.15) is 38.5 Å². The molecule has 0 radical (unpaired) electrons. The van der Waals surface area contributed by atoms with Gasteiger partial charge in [0.25, 0.3) is 5.91 Å². The van der Waals surface area contributed by atoms with E-state index in [0.717, 1.165) is 44.0 Å². The molecular weight excluding hydrogens is 338 g/mol. The standard InChI is InChI=1S/C22H29N3O2/c1-18-8-9-21(27-2)20(14-18)16-24-10-12-25(13-11-24)17-22(26)23-15-19-6-4-3-5-7-19/h3-9,14H,10-13,15-17H2,1-2H3,(H,23,26)/p+2. The zero-order chi connectivity index (χ0) is 19.1. The molecule has 0 aliphatic carbocycles. The average molecular weight is 370 g/mol. The van der Waals surface area contributed by atoms with Gasteiger partial charge in [-0.2, -0.15) is 0 Å². The van der Waals surface area contributed by atoms with Crippen LogP contribution in [0.25, 0.3) is 0 Å². The van der Waals surface area contributed by atoms with Gasteiger partial charge in [0.05, 0.1) is 7.11 Å². The SMILES string of the molecule is COc1ccc(C)cc1C[NH+]1CC[NH+](CC(=O)NCc2ccccc2)CC1. The highest BCUT2D eigenvalue weighted by molar-refractivity contribution is 5.76. The molecule has 1 amide bonds. The van der Waals surface area contributed by atoms with Gasteiger partial charge in [-0.25, -0.2) is 0 Å². The van der Waals surface area contributed by atoms with E-state index in [1.54, 1.807) is 12.0 Å². The third-order valence-electron chi connectivity index (χ3n) is 5.28. The van der Waals surface area contributed by atoms with Crippen LogP contribution in [0.4, 0.5) is 0 Å². The van der Waals surface area contributed by atoms with E-state index in [2.05, 4.69) is 30.4 Å². The lowest BCUT2D eigenvalue weighted by molar-refractivity contribution is -1.02. The van der Waals surface area contributed by atoms with Crippen LogP contribution in [0.3, 0.4) is 0 Å². The highest BCUT2D eigenvalue weighted by Gasteiger charge is 2.25. The van der Waals surface area contributed by atoms with Crippen LogP contribution in [-0.4, -0.2) is 45.7 Å². The molecule has 0 unspecified atom stereocenters. The number of ether oxygens (including phenoxy) is 1. The van der Waals surface area contributed by atoms with Gasteiger partial charge in [-0.3, -0.25) is 4.79 Å². The summed E-state index contributed by atoms with van der Waals surface area (Å²) in [6.45, 7) is 8.50. The summed E-state index contributed by atoms with van der Waals surface area (Å²) in [6, 6.07) is 16.4. The molecule has 1 aliphatic rings. The van der Waals surface area contributed by atoms with E-state index in [0.29, 0.717) is 13.1 Å². The van der Waals surface area contributed by atoms with Gasteiger partial charge in [0.15, 0.2) is 6.54 Å². The second-order valence-corrected chi connectivity index (χ2v) is 7.43. The van der Waals surface area contributed by atoms with Crippen LogP contribution >= 0.6 is 0 Å². The number of piperazine rings is 1. The first-order chi connectivity index (χ1) is 13.1. The minimum Gasteiger partial charge on any atom is -0.496 e. The third kappa shape index (κ3) is 5.81. The first-order valence-corrected chi connectivity index (χ1v) is 9.75. The summed E-state index contributed by atoms with van der Waals surface area (Å²) in [5, 5.41) is 3.04. The average Bonchev–Trinajstić information content (AvgIpc) is 2.69. The predicted molar refractivity (Wildman–Crippen MR) is 106 cm³/mol. The fourth-order valence-corrected chi connectivity index (χ4v) is 3.71. The van der Waals surface area contributed by atoms with Gasteiger partial charge >= 0.3 is 0 Å².